The van der Waals surface area contributed by atoms with Crippen LogP contribution >= 0.6 is 27.5 Å². The number of carbonyl (C=O) groups excluding carboxylic acids is 4. The van der Waals surface area contributed by atoms with Crippen molar-refractivity contribution in [3.63, 3.8) is 0 Å². The molecule has 4 amide bonds. The van der Waals surface area contributed by atoms with Crippen LogP contribution in [-0.4, -0.2) is 57.0 Å². The lowest BCUT2D eigenvalue weighted by Gasteiger charge is -2.50. The van der Waals surface area contributed by atoms with Gasteiger partial charge >= 0.3 is 5.97 Å². The number of nitrogens with one attached hydrogen (secondary N) is 1. The molecule has 6 atom stereocenters. The summed E-state index contributed by atoms with van der Waals surface area (Å²) in [6.45, 7) is 0. The molecule has 1 saturated carbocycles. The highest BCUT2D eigenvalue weighted by Crippen LogP contribution is 2.65. The first-order valence-electron chi connectivity index (χ1n) is 17.1. The molecule has 0 aromatic heterocycles. The van der Waals surface area contributed by atoms with Gasteiger partial charge in [0.05, 0.1) is 41.7 Å². The van der Waals surface area contributed by atoms with Gasteiger partial charge in [0, 0.05) is 27.0 Å². The second kappa shape index (κ2) is 13.2. The molecule has 15 heteroatoms. The summed E-state index contributed by atoms with van der Waals surface area (Å²) in [6, 6.07) is 18.2. The molecule has 12 nitrogen and oxygen atoms in total. The third kappa shape index (κ3) is 5.41. The molecule has 2 aliphatic heterocycles. The Morgan fingerprint density at radius 2 is 1.65 bits per heavy atom. The zero-order valence-corrected chi connectivity index (χ0v) is 31.0. The predicted octanol–water partition coefficient (Wildman–Crippen LogP) is 6.55. The maximum Gasteiger partial charge on any atom is 0.339 e. The summed E-state index contributed by atoms with van der Waals surface area (Å²) in [5.74, 6) is -10.3. The maximum absolute atomic E-state index is 15.3. The van der Waals surface area contributed by atoms with Crippen LogP contribution in [0.5, 0.6) is 17.2 Å². The van der Waals surface area contributed by atoms with E-state index in [-0.39, 0.29) is 41.3 Å². The highest BCUT2D eigenvalue weighted by Gasteiger charge is 2.70. The smallest absolute Gasteiger partial charge is 0.339 e. The van der Waals surface area contributed by atoms with E-state index in [0.29, 0.717) is 20.6 Å². The molecule has 2 saturated heterocycles. The number of anilines is 2. The number of carboxylic acids is 1. The van der Waals surface area contributed by atoms with Gasteiger partial charge in [-0.2, -0.15) is 5.01 Å². The average Bonchev–Trinajstić information content (AvgIpc) is 3.54. The number of halogens is 3. The zero-order valence-electron chi connectivity index (χ0n) is 28.7. The van der Waals surface area contributed by atoms with Crippen molar-refractivity contribution in [1.82, 2.24) is 5.01 Å². The SMILES string of the molecule is COc1cc(Br)cc([C@H]2C3=CC[C@@H]4C(=O)N(c5ccc(C(=O)O)c(O)c5)C(=O)[C@@H]4[C@@H]3C[C@H]3C(=O)N(Nc4ccc(F)cc4)C(=O)[C@@]23c2ccc(Cl)cc2)c1O. The number of hydrogen-bond acceptors (Lipinski definition) is 9. The lowest BCUT2D eigenvalue weighted by molar-refractivity contribution is -0.138. The molecule has 4 N–H and O–H groups in total. The molecule has 2 aliphatic carbocycles. The van der Waals surface area contributed by atoms with Crippen molar-refractivity contribution in [2.75, 3.05) is 17.4 Å². The molecule has 55 heavy (non-hydrogen) atoms. The monoisotopic (exact) mass is 829 g/mol. The molecule has 0 radical (unpaired) electrons. The van der Waals surface area contributed by atoms with E-state index < -0.39 is 81.7 Å². The quantitative estimate of drug-likeness (QED) is 0.118. The molecular formula is C40H30BrClFN3O9. The van der Waals surface area contributed by atoms with Crippen molar-refractivity contribution in [1.29, 1.82) is 0 Å². The van der Waals surface area contributed by atoms with E-state index in [1.807, 2.05) is 0 Å². The molecular weight excluding hydrogens is 801 g/mol. The van der Waals surface area contributed by atoms with Gasteiger partial charge in [0.25, 0.3) is 11.8 Å². The van der Waals surface area contributed by atoms with Crippen LogP contribution in [0.25, 0.3) is 0 Å². The summed E-state index contributed by atoms with van der Waals surface area (Å²) in [7, 11) is 1.37. The third-order valence-electron chi connectivity index (χ3n) is 11.3. The highest BCUT2D eigenvalue weighted by molar-refractivity contribution is 9.10. The van der Waals surface area contributed by atoms with Crippen LogP contribution in [-0.2, 0) is 24.6 Å². The van der Waals surface area contributed by atoms with Gasteiger partial charge in [-0.25, -0.2) is 14.1 Å². The molecule has 4 aromatic rings. The number of methoxy groups -OCH3 is 1. The molecule has 3 fully saturated rings. The second-order valence-electron chi connectivity index (χ2n) is 13.9. The normalized spacial score (nSPS) is 25.7. The minimum atomic E-state index is -1.75. The Morgan fingerprint density at radius 3 is 2.31 bits per heavy atom. The first-order chi connectivity index (χ1) is 26.3. The molecule has 8 rings (SSSR count). The van der Waals surface area contributed by atoms with E-state index in [2.05, 4.69) is 21.4 Å². The van der Waals surface area contributed by atoms with Crippen LogP contribution in [0.2, 0.25) is 5.02 Å². The van der Waals surface area contributed by atoms with E-state index in [0.717, 1.165) is 22.0 Å². The standard InChI is InChI=1S/C40H30BrClFN3O9/c1-55-31-15-19(41)14-28(34(31)48)33-24-12-13-26-32(37(51)45(35(26)49)23-10-11-25(38(52)53)30(47)16-23)27(24)17-29-36(50)46(44-22-8-6-21(43)7-9-22)39(54)40(29,33)18-2-4-20(42)5-3-18/h2-12,14-16,26-27,29,32-33,44,47-48H,13,17H2,1H3,(H,52,53)/t26-,27+,29-,32-,33+,40+/m0/s1. The number of fused-ring (bicyclic) bond motifs is 4. The van der Waals surface area contributed by atoms with Gasteiger partial charge in [0.2, 0.25) is 11.8 Å². The largest absolute Gasteiger partial charge is 0.507 e. The number of nitrogens with zero attached hydrogens (tertiary/aromatic N) is 2. The molecule has 2 heterocycles. The van der Waals surface area contributed by atoms with E-state index in [1.54, 1.807) is 42.5 Å². The minimum Gasteiger partial charge on any atom is -0.507 e. The fraction of sp³-hybridized carbons (Fsp3) is 0.225. The number of ether oxygens (including phenoxy) is 1. The van der Waals surface area contributed by atoms with Crippen molar-refractivity contribution in [3.05, 3.63) is 123 Å². The van der Waals surface area contributed by atoms with E-state index in [1.165, 1.54) is 37.4 Å². The van der Waals surface area contributed by atoms with Gasteiger partial charge in [-0.3, -0.25) is 24.6 Å². The lowest BCUT2D eigenvalue weighted by Crippen LogP contribution is -2.53. The first-order valence-corrected chi connectivity index (χ1v) is 18.3. The van der Waals surface area contributed by atoms with Crippen molar-refractivity contribution in [2.24, 2.45) is 23.7 Å². The molecule has 0 spiro atoms. The predicted molar refractivity (Wildman–Crippen MR) is 199 cm³/mol. The Labute approximate surface area is 325 Å². The fourth-order valence-electron chi connectivity index (χ4n) is 9.06. The van der Waals surface area contributed by atoms with Crippen molar-refractivity contribution < 1.29 is 48.4 Å². The van der Waals surface area contributed by atoms with Crippen molar-refractivity contribution >= 4 is 68.5 Å². The summed E-state index contributed by atoms with van der Waals surface area (Å²) in [5.41, 5.74) is 2.09. The molecule has 0 unspecified atom stereocenters. The number of hydrazine groups is 1. The maximum atomic E-state index is 15.3. The number of allylic oxidation sites excluding steroid dienone is 2. The minimum absolute atomic E-state index is 0.0208. The summed E-state index contributed by atoms with van der Waals surface area (Å²) < 4.78 is 19.9. The molecule has 0 bridgehead atoms. The number of benzene rings is 4. The molecule has 4 aliphatic rings. The van der Waals surface area contributed by atoms with Crippen LogP contribution in [0.4, 0.5) is 15.8 Å². The fourth-order valence-corrected chi connectivity index (χ4v) is 9.64. The molecule has 4 aromatic carbocycles. The second-order valence-corrected chi connectivity index (χ2v) is 15.3. The number of phenols is 2. The topological polar surface area (TPSA) is 174 Å². The summed E-state index contributed by atoms with van der Waals surface area (Å²) in [6.07, 6.45) is 1.78. The van der Waals surface area contributed by atoms with Crippen molar-refractivity contribution in [2.45, 2.75) is 24.2 Å². The number of imide groups is 2. The first kappa shape index (κ1) is 36.3. The number of phenolic OH excluding ortho intramolecular Hbond substituents is 1. The molecule has 280 valence electrons. The van der Waals surface area contributed by atoms with Crippen LogP contribution in [0.15, 0.2) is 95.0 Å². The Bertz CT molecular complexity index is 2370. The van der Waals surface area contributed by atoms with E-state index in [4.69, 9.17) is 16.3 Å². The number of carboxylic acid groups (broad SMARTS) is 1. The van der Waals surface area contributed by atoms with Gasteiger partial charge in [-0.15, -0.1) is 0 Å². The van der Waals surface area contributed by atoms with Crippen LogP contribution in [0, 0.1) is 29.5 Å². The van der Waals surface area contributed by atoms with Gasteiger partial charge in [-0.1, -0.05) is 51.3 Å². The van der Waals surface area contributed by atoms with Gasteiger partial charge in [-0.05, 0) is 85.0 Å². The van der Waals surface area contributed by atoms with Crippen LogP contribution < -0.4 is 15.1 Å². The summed E-state index contributed by atoms with van der Waals surface area (Å²) >= 11 is 9.85. The highest BCUT2D eigenvalue weighted by atomic mass is 79.9. The van der Waals surface area contributed by atoms with Crippen LogP contribution in [0.3, 0.4) is 0 Å². The van der Waals surface area contributed by atoms with Gasteiger partial charge in [0.1, 0.15) is 17.1 Å². The number of rotatable bonds is 7. The summed E-state index contributed by atoms with van der Waals surface area (Å²) in [5, 5.41) is 33.0. The van der Waals surface area contributed by atoms with Crippen molar-refractivity contribution in [3.8, 4) is 17.2 Å². The number of hydrogen-bond donors (Lipinski definition) is 4. The summed E-state index contributed by atoms with van der Waals surface area (Å²) in [4.78, 5) is 71.3. The number of amides is 4. The average molecular weight is 831 g/mol. The number of aromatic carboxylic acids is 1. The van der Waals surface area contributed by atoms with Gasteiger partial charge in [0.15, 0.2) is 11.5 Å². The van der Waals surface area contributed by atoms with Crippen LogP contribution in [0.1, 0.15) is 40.2 Å². The Hall–Kier alpha value is -5.73. The lowest BCUT2D eigenvalue weighted by atomic mass is 9.49. The Morgan fingerprint density at radius 1 is 0.945 bits per heavy atom. The Kier molecular flexibility index (Phi) is 8.73. The van der Waals surface area contributed by atoms with E-state index in [9.17, 15) is 38.9 Å². The zero-order chi connectivity index (χ0) is 39.1. The van der Waals surface area contributed by atoms with Gasteiger partial charge < -0.3 is 20.1 Å². The van der Waals surface area contributed by atoms with E-state index >= 15 is 4.79 Å². The number of aromatic hydroxyl groups is 2. The third-order valence-corrected chi connectivity index (χ3v) is 12.0. The Balaban J connectivity index is 1.33. The number of carbonyl (C=O) groups is 5.